The second-order valence-electron chi connectivity index (χ2n) is 4.23. The zero-order valence-electron chi connectivity index (χ0n) is 11.1. The van der Waals surface area contributed by atoms with Gasteiger partial charge in [0.15, 0.2) is 6.61 Å². The molecule has 114 valence electrons. The van der Waals surface area contributed by atoms with Gasteiger partial charge in [-0.3, -0.25) is 4.79 Å². The maximum Gasteiger partial charge on any atom is 0.344 e. The number of halogens is 3. The minimum Gasteiger partial charge on any atom is -0.452 e. The van der Waals surface area contributed by atoms with Gasteiger partial charge in [0.05, 0.1) is 0 Å². The lowest BCUT2D eigenvalue weighted by Gasteiger charge is -2.08. The van der Waals surface area contributed by atoms with Crippen molar-refractivity contribution < 1.29 is 23.1 Å². The second-order valence-corrected chi connectivity index (χ2v) is 5.48. The lowest BCUT2D eigenvalue weighted by Crippen LogP contribution is -2.22. The Morgan fingerprint density at radius 3 is 2.36 bits per heavy atom. The van der Waals surface area contributed by atoms with E-state index in [0.29, 0.717) is 5.69 Å². The maximum atomic E-state index is 13.4. The molecule has 0 radical (unpaired) electrons. The van der Waals surface area contributed by atoms with Crippen molar-refractivity contribution in [3.63, 3.8) is 0 Å². The summed E-state index contributed by atoms with van der Waals surface area (Å²) >= 11 is 2.08. The number of carbonyl (C=O) groups is 2. The molecule has 2 aromatic carbocycles. The quantitative estimate of drug-likeness (QED) is 0.614. The van der Waals surface area contributed by atoms with Crippen LogP contribution in [0.3, 0.4) is 0 Å². The van der Waals surface area contributed by atoms with Crippen molar-refractivity contribution in [2.45, 2.75) is 0 Å². The number of hydrogen-bond acceptors (Lipinski definition) is 3. The van der Waals surface area contributed by atoms with Crippen LogP contribution in [-0.4, -0.2) is 18.5 Å². The normalized spacial score (nSPS) is 10.1. The minimum atomic E-state index is -1.23. The van der Waals surface area contributed by atoms with Crippen LogP contribution in [0.15, 0.2) is 42.5 Å². The molecule has 0 fully saturated rings. The van der Waals surface area contributed by atoms with Crippen LogP contribution in [-0.2, 0) is 9.53 Å². The summed E-state index contributed by atoms with van der Waals surface area (Å²) in [4.78, 5) is 23.3. The molecule has 0 heterocycles. The molecule has 0 spiro atoms. The van der Waals surface area contributed by atoms with Gasteiger partial charge in [0.2, 0.25) is 0 Å². The Hall–Kier alpha value is -2.03. The Kier molecular flexibility index (Phi) is 5.42. The van der Waals surface area contributed by atoms with E-state index in [4.69, 9.17) is 0 Å². The summed E-state index contributed by atoms with van der Waals surface area (Å²) in [5.74, 6) is -3.91. The highest BCUT2D eigenvalue weighted by atomic mass is 127. The van der Waals surface area contributed by atoms with E-state index < -0.39 is 35.7 Å². The SMILES string of the molecule is O=C(COC(=O)c1c(F)cccc1F)Nc1cccc(I)c1. The second kappa shape index (κ2) is 7.30. The zero-order valence-corrected chi connectivity index (χ0v) is 13.3. The first kappa shape index (κ1) is 16.3. The number of nitrogens with one attached hydrogen (secondary N) is 1. The summed E-state index contributed by atoms with van der Waals surface area (Å²) in [5.41, 5.74) is -0.283. The Balaban J connectivity index is 1.95. The van der Waals surface area contributed by atoms with Crippen molar-refractivity contribution in [3.05, 3.63) is 63.2 Å². The molecule has 22 heavy (non-hydrogen) atoms. The van der Waals surface area contributed by atoms with E-state index in [0.717, 1.165) is 21.8 Å². The van der Waals surface area contributed by atoms with E-state index in [9.17, 15) is 18.4 Å². The fourth-order valence-electron chi connectivity index (χ4n) is 1.66. The molecular weight excluding hydrogens is 407 g/mol. The molecule has 0 aromatic heterocycles. The topological polar surface area (TPSA) is 55.4 Å². The van der Waals surface area contributed by atoms with Crippen LogP contribution in [0, 0.1) is 15.2 Å². The first-order valence-electron chi connectivity index (χ1n) is 6.14. The van der Waals surface area contributed by atoms with E-state index in [1.807, 2.05) is 6.07 Å². The molecule has 0 saturated heterocycles. The van der Waals surface area contributed by atoms with Crippen LogP contribution >= 0.6 is 22.6 Å². The summed E-state index contributed by atoms with van der Waals surface area (Å²) in [6.07, 6.45) is 0. The third-order valence-corrected chi connectivity index (χ3v) is 3.28. The average Bonchev–Trinajstić information content (AvgIpc) is 2.45. The highest BCUT2D eigenvalue weighted by Crippen LogP contribution is 2.14. The molecule has 1 N–H and O–H groups in total. The van der Waals surface area contributed by atoms with E-state index in [1.165, 1.54) is 0 Å². The van der Waals surface area contributed by atoms with Crippen LogP contribution in [0.2, 0.25) is 0 Å². The number of rotatable bonds is 4. The van der Waals surface area contributed by atoms with Crippen LogP contribution < -0.4 is 5.32 Å². The molecule has 4 nitrogen and oxygen atoms in total. The average molecular weight is 417 g/mol. The van der Waals surface area contributed by atoms with Gasteiger partial charge in [-0.2, -0.15) is 0 Å². The molecular formula is C15H10F2INO3. The lowest BCUT2D eigenvalue weighted by molar-refractivity contribution is -0.119. The van der Waals surface area contributed by atoms with Crippen molar-refractivity contribution in [2.75, 3.05) is 11.9 Å². The molecule has 2 aromatic rings. The highest BCUT2D eigenvalue weighted by molar-refractivity contribution is 14.1. The van der Waals surface area contributed by atoms with E-state index in [-0.39, 0.29) is 0 Å². The van der Waals surface area contributed by atoms with Crippen molar-refractivity contribution >= 4 is 40.2 Å². The largest absolute Gasteiger partial charge is 0.452 e. The van der Waals surface area contributed by atoms with Gasteiger partial charge < -0.3 is 10.1 Å². The summed E-state index contributed by atoms with van der Waals surface area (Å²) in [6.45, 7) is -0.641. The molecule has 0 aliphatic heterocycles. The third kappa shape index (κ3) is 4.23. The number of hydrogen-bond donors (Lipinski definition) is 1. The van der Waals surface area contributed by atoms with Gasteiger partial charge in [-0.15, -0.1) is 0 Å². The van der Waals surface area contributed by atoms with Crippen molar-refractivity contribution in [1.82, 2.24) is 0 Å². The van der Waals surface area contributed by atoms with Crippen molar-refractivity contribution in [3.8, 4) is 0 Å². The molecule has 7 heteroatoms. The van der Waals surface area contributed by atoms with Crippen molar-refractivity contribution in [1.29, 1.82) is 0 Å². The predicted molar refractivity (Wildman–Crippen MR) is 84.4 cm³/mol. The number of esters is 1. The predicted octanol–water partition coefficient (Wildman–Crippen LogP) is 3.36. The molecule has 0 saturated carbocycles. The van der Waals surface area contributed by atoms with Gasteiger partial charge in [0.25, 0.3) is 5.91 Å². The standard InChI is InChI=1S/C15H10F2INO3/c16-11-5-2-6-12(17)14(11)15(21)22-8-13(20)19-10-4-1-3-9(18)7-10/h1-7H,8H2,(H,19,20). The molecule has 0 atom stereocenters. The molecule has 0 aliphatic carbocycles. The van der Waals surface area contributed by atoms with E-state index >= 15 is 0 Å². The summed E-state index contributed by atoms with van der Waals surface area (Å²) in [7, 11) is 0. The van der Waals surface area contributed by atoms with Gasteiger partial charge in [0.1, 0.15) is 17.2 Å². The van der Waals surface area contributed by atoms with Gasteiger partial charge in [-0.25, -0.2) is 13.6 Å². The Morgan fingerprint density at radius 1 is 1.09 bits per heavy atom. The number of anilines is 1. The monoisotopic (exact) mass is 417 g/mol. The summed E-state index contributed by atoms with van der Waals surface area (Å²) in [6, 6.07) is 9.98. The van der Waals surface area contributed by atoms with Crippen LogP contribution in [0.25, 0.3) is 0 Å². The van der Waals surface area contributed by atoms with Crippen LogP contribution in [0.1, 0.15) is 10.4 Å². The van der Waals surface area contributed by atoms with Crippen LogP contribution in [0.4, 0.5) is 14.5 Å². The first-order valence-corrected chi connectivity index (χ1v) is 7.22. The Bertz CT molecular complexity index is 701. The molecule has 1 amide bonds. The first-order chi connectivity index (χ1) is 10.5. The number of benzene rings is 2. The summed E-state index contributed by atoms with van der Waals surface area (Å²) in [5, 5.41) is 2.51. The smallest absolute Gasteiger partial charge is 0.344 e. The Labute approximate surface area is 138 Å². The fraction of sp³-hybridized carbons (Fsp3) is 0.0667. The van der Waals surface area contributed by atoms with Gasteiger partial charge in [0, 0.05) is 9.26 Å². The molecule has 0 bridgehead atoms. The maximum absolute atomic E-state index is 13.4. The molecule has 0 aliphatic rings. The number of amides is 1. The molecule has 2 rings (SSSR count). The Morgan fingerprint density at radius 2 is 1.73 bits per heavy atom. The van der Waals surface area contributed by atoms with Crippen LogP contribution in [0.5, 0.6) is 0 Å². The van der Waals surface area contributed by atoms with Gasteiger partial charge in [-0.1, -0.05) is 12.1 Å². The third-order valence-electron chi connectivity index (χ3n) is 2.61. The fourth-order valence-corrected chi connectivity index (χ4v) is 2.20. The van der Waals surface area contributed by atoms with E-state index in [2.05, 4.69) is 32.6 Å². The van der Waals surface area contributed by atoms with E-state index in [1.54, 1.807) is 18.2 Å². The van der Waals surface area contributed by atoms with Gasteiger partial charge in [-0.05, 0) is 52.9 Å². The summed E-state index contributed by atoms with van der Waals surface area (Å²) < 4.78 is 32.3. The number of ether oxygens (including phenoxy) is 1. The van der Waals surface area contributed by atoms with Gasteiger partial charge >= 0.3 is 5.97 Å². The molecule has 0 unspecified atom stereocenters. The highest BCUT2D eigenvalue weighted by Gasteiger charge is 2.19. The zero-order chi connectivity index (χ0) is 16.1. The lowest BCUT2D eigenvalue weighted by atomic mass is 10.2. The number of carbonyl (C=O) groups excluding carboxylic acids is 2. The minimum absolute atomic E-state index is 0.532. The van der Waals surface area contributed by atoms with Crippen molar-refractivity contribution in [2.24, 2.45) is 0 Å².